The van der Waals surface area contributed by atoms with Gasteiger partial charge in [-0.25, -0.2) is 4.98 Å². The second-order valence-corrected chi connectivity index (χ2v) is 6.04. The van der Waals surface area contributed by atoms with E-state index in [1.165, 1.54) is 11.3 Å². The Morgan fingerprint density at radius 2 is 2.52 bits per heavy atom. The van der Waals surface area contributed by atoms with Gasteiger partial charge in [0.05, 0.1) is 23.8 Å². The molecule has 6 nitrogen and oxygen atoms in total. The molecule has 0 aromatic carbocycles. The van der Waals surface area contributed by atoms with Gasteiger partial charge >= 0.3 is 0 Å². The van der Waals surface area contributed by atoms with Gasteiger partial charge in [-0.2, -0.15) is 5.10 Å². The van der Waals surface area contributed by atoms with E-state index < -0.39 is 0 Å². The maximum atomic E-state index is 12.4. The first-order valence-corrected chi connectivity index (χ1v) is 8.07. The topological polar surface area (TPSA) is 63.1 Å². The zero-order valence-corrected chi connectivity index (χ0v) is 12.8. The van der Waals surface area contributed by atoms with Gasteiger partial charge in [-0.05, 0) is 25.5 Å². The van der Waals surface area contributed by atoms with Crippen molar-refractivity contribution in [1.82, 2.24) is 25.0 Å². The lowest BCUT2D eigenvalue weighted by Crippen LogP contribution is -2.32. The summed E-state index contributed by atoms with van der Waals surface area (Å²) in [6.07, 6.45) is 4.16. The molecule has 1 aliphatic rings. The monoisotopic (exact) mass is 305 g/mol. The summed E-state index contributed by atoms with van der Waals surface area (Å²) in [7, 11) is 1.78. The van der Waals surface area contributed by atoms with Crippen LogP contribution in [0.25, 0.3) is 0 Å². The number of nitrogens with zero attached hydrogens (tertiary/aromatic N) is 4. The third-order valence-electron chi connectivity index (χ3n) is 3.70. The lowest BCUT2D eigenvalue weighted by Gasteiger charge is -2.23. The van der Waals surface area contributed by atoms with Gasteiger partial charge in [-0.15, -0.1) is 11.3 Å². The fourth-order valence-corrected chi connectivity index (χ4v) is 3.09. The predicted molar refractivity (Wildman–Crippen MR) is 81.3 cm³/mol. The second kappa shape index (κ2) is 6.36. The van der Waals surface area contributed by atoms with Gasteiger partial charge in [0.15, 0.2) is 0 Å². The minimum absolute atomic E-state index is 0.0643. The molecule has 21 heavy (non-hydrogen) atoms. The fraction of sp³-hybridized carbons (Fsp3) is 0.500. The minimum Gasteiger partial charge on any atom is -0.334 e. The zero-order chi connectivity index (χ0) is 14.7. The SMILES string of the molecule is CN(Cc1cscn1)C(=O)c1ccn([C@@H]2CCCNC2)n1. The minimum atomic E-state index is -0.0643. The van der Waals surface area contributed by atoms with E-state index in [1.807, 2.05) is 16.3 Å². The van der Waals surface area contributed by atoms with E-state index in [0.29, 0.717) is 18.3 Å². The fourth-order valence-electron chi connectivity index (χ4n) is 2.54. The largest absolute Gasteiger partial charge is 0.334 e. The van der Waals surface area contributed by atoms with Crippen molar-refractivity contribution in [3.05, 3.63) is 34.5 Å². The number of aromatic nitrogens is 3. The van der Waals surface area contributed by atoms with Crippen LogP contribution in [0.4, 0.5) is 0 Å². The molecule has 2 aromatic rings. The molecule has 0 radical (unpaired) electrons. The van der Waals surface area contributed by atoms with Crippen LogP contribution in [0, 0.1) is 0 Å². The smallest absolute Gasteiger partial charge is 0.274 e. The van der Waals surface area contributed by atoms with Crippen molar-refractivity contribution < 1.29 is 4.79 Å². The van der Waals surface area contributed by atoms with Crippen LogP contribution in [0.1, 0.15) is 35.1 Å². The third-order valence-corrected chi connectivity index (χ3v) is 4.34. The zero-order valence-electron chi connectivity index (χ0n) is 12.0. The maximum Gasteiger partial charge on any atom is 0.274 e. The number of carbonyl (C=O) groups excluding carboxylic acids is 1. The Kier molecular flexibility index (Phi) is 4.31. The van der Waals surface area contributed by atoms with Crippen LogP contribution in [-0.4, -0.2) is 45.7 Å². The Balaban J connectivity index is 1.65. The Hall–Kier alpha value is -1.73. The summed E-state index contributed by atoms with van der Waals surface area (Å²) < 4.78 is 1.91. The lowest BCUT2D eigenvalue weighted by atomic mass is 10.1. The summed E-state index contributed by atoms with van der Waals surface area (Å²) in [5.41, 5.74) is 3.18. The number of hydrogen-bond donors (Lipinski definition) is 1. The highest BCUT2D eigenvalue weighted by molar-refractivity contribution is 7.07. The van der Waals surface area contributed by atoms with Crippen LogP contribution in [-0.2, 0) is 6.54 Å². The molecule has 0 unspecified atom stereocenters. The van der Waals surface area contributed by atoms with Crippen molar-refractivity contribution in [1.29, 1.82) is 0 Å². The molecular formula is C14H19N5OS. The Morgan fingerprint density at radius 3 is 3.24 bits per heavy atom. The normalized spacial score (nSPS) is 18.6. The molecule has 0 aliphatic carbocycles. The van der Waals surface area contributed by atoms with E-state index in [4.69, 9.17) is 0 Å². The highest BCUT2D eigenvalue weighted by atomic mass is 32.1. The van der Waals surface area contributed by atoms with Gasteiger partial charge in [0.25, 0.3) is 5.91 Å². The van der Waals surface area contributed by atoms with Gasteiger partial charge in [0, 0.05) is 25.2 Å². The molecule has 112 valence electrons. The van der Waals surface area contributed by atoms with Gasteiger partial charge in [0.2, 0.25) is 0 Å². The number of piperidine rings is 1. The number of nitrogens with one attached hydrogen (secondary N) is 1. The van der Waals surface area contributed by atoms with Crippen molar-refractivity contribution in [2.24, 2.45) is 0 Å². The standard InChI is InChI=1S/C14H19N5OS/c1-18(8-11-9-21-10-16-11)14(20)13-4-6-19(17-13)12-3-2-5-15-7-12/h4,6,9-10,12,15H,2-3,5,7-8H2,1H3/t12-/m1/s1. The van der Waals surface area contributed by atoms with Gasteiger partial charge in [-0.3, -0.25) is 9.48 Å². The van der Waals surface area contributed by atoms with E-state index in [2.05, 4.69) is 15.4 Å². The first kappa shape index (κ1) is 14.2. The van der Waals surface area contributed by atoms with Gasteiger partial charge in [0.1, 0.15) is 5.69 Å². The van der Waals surface area contributed by atoms with Crippen LogP contribution in [0.2, 0.25) is 0 Å². The molecule has 1 saturated heterocycles. The molecule has 1 N–H and O–H groups in total. The molecule has 0 saturated carbocycles. The Morgan fingerprint density at radius 1 is 1.62 bits per heavy atom. The summed E-state index contributed by atoms with van der Waals surface area (Å²) in [5.74, 6) is -0.0643. The van der Waals surface area contributed by atoms with E-state index in [-0.39, 0.29) is 5.91 Å². The summed E-state index contributed by atoms with van der Waals surface area (Å²) in [5, 5.41) is 9.77. The molecular weight excluding hydrogens is 286 g/mol. The van der Waals surface area contributed by atoms with Crippen LogP contribution in [0.5, 0.6) is 0 Å². The molecule has 0 spiro atoms. The first-order valence-electron chi connectivity index (χ1n) is 7.12. The Bertz CT molecular complexity index is 588. The number of amides is 1. The van der Waals surface area contributed by atoms with E-state index in [0.717, 1.165) is 31.6 Å². The van der Waals surface area contributed by atoms with E-state index in [9.17, 15) is 4.79 Å². The van der Waals surface area contributed by atoms with Crippen molar-refractivity contribution in [2.45, 2.75) is 25.4 Å². The molecule has 1 fully saturated rings. The van der Waals surface area contributed by atoms with E-state index in [1.54, 1.807) is 23.5 Å². The van der Waals surface area contributed by atoms with Crippen molar-refractivity contribution >= 4 is 17.2 Å². The van der Waals surface area contributed by atoms with Gasteiger partial charge < -0.3 is 10.2 Å². The molecule has 0 bridgehead atoms. The molecule has 1 atom stereocenters. The quantitative estimate of drug-likeness (QED) is 0.930. The number of rotatable bonds is 4. The van der Waals surface area contributed by atoms with Crippen LogP contribution < -0.4 is 5.32 Å². The number of hydrogen-bond acceptors (Lipinski definition) is 5. The number of carbonyl (C=O) groups is 1. The summed E-state index contributed by atoms with van der Waals surface area (Å²) in [6.45, 7) is 2.50. The van der Waals surface area contributed by atoms with Crippen molar-refractivity contribution in [3.8, 4) is 0 Å². The Labute approximate surface area is 127 Å². The number of thiazole rings is 1. The molecule has 3 heterocycles. The third kappa shape index (κ3) is 3.30. The summed E-state index contributed by atoms with van der Waals surface area (Å²) in [4.78, 5) is 18.2. The van der Waals surface area contributed by atoms with Gasteiger partial charge in [-0.1, -0.05) is 0 Å². The molecule has 2 aromatic heterocycles. The van der Waals surface area contributed by atoms with Crippen molar-refractivity contribution in [2.75, 3.05) is 20.1 Å². The van der Waals surface area contributed by atoms with E-state index >= 15 is 0 Å². The summed E-state index contributed by atoms with van der Waals surface area (Å²) >= 11 is 1.54. The van der Waals surface area contributed by atoms with Crippen LogP contribution >= 0.6 is 11.3 Å². The average molecular weight is 305 g/mol. The second-order valence-electron chi connectivity index (χ2n) is 5.32. The van der Waals surface area contributed by atoms with Crippen LogP contribution in [0.3, 0.4) is 0 Å². The first-order chi connectivity index (χ1) is 10.2. The van der Waals surface area contributed by atoms with Crippen molar-refractivity contribution in [3.63, 3.8) is 0 Å². The molecule has 7 heteroatoms. The molecule has 1 amide bonds. The average Bonchev–Trinajstić information content (AvgIpc) is 3.18. The highest BCUT2D eigenvalue weighted by Crippen LogP contribution is 2.16. The lowest BCUT2D eigenvalue weighted by molar-refractivity contribution is 0.0776. The molecule has 1 aliphatic heterocycles. The van der Waals surface area contributed by atoms with Crippen LogP contribution in [0.15, 0.2) is 23.2 Å². The molecule has 3 rings (SSSR count). The maximum absolute atomic E-state index is 12.4. The summed E-state index contributed by atoms with van der Waals surface area (Å²) in [6, 6.07) is 2.15. The highest BCUT2D eigenvalue weighted by Gasteiger charge is 2.19. The predicted octanol–water partition coefficient (Wildman–Crippen LogP) is 1.54.